The van der Waals surface area contributed by atoms with Crippen LogP contribution in [-0.2, 0) is 4.79 Å². The summed E-state index contributed by atoms with van der Waals surface area (Å²) < 4.78 is 3.51. The molecular weight excluding hydrogens is 458 g/mol. The van der Waals surface area contributed by atoms with Gasteiger partial charge in [0.05, 0.1) is 22.3 Å². The Morgan fingerprint density at radius 1 is 1.11 bits per heavy atom. The van der Waals surface area contributed by atoms with Gasteiger partial charge >= 0.3 is 0 Å². The first-order valence-electron chi connectivity index (χ1n) is 12.4. The average Bonchev–Trinajstić information content (AvgIpc) is 3.60. The van der Waals surface area contributed by atoms with E-state index in [4.69, 9.17) is 0 Å². The third-order valence-electron chi connectivity index (χ3n) is 7.91. The van der Waals surface area contributed by atoms with E-state index in [9.17, 15) is 9.59 Å². The minimum atomic E-state index is -0.135. The van der Waals surface area contributed by atoms with Crippen molar-refractivity contribution in [2.45, 2.75) is 50.7 Å². The maximum atomic E-state index is 13.5. The van der Waals surface area contributed by atoms with Crippen LogP contribution >= 0.6 is 11.8 Å². The van der Waals surface area contributed by atoms with E-state index >= 15 is 0 Å². The quantitative estimate of drug-likeness (QED) is 0.409. The SMILES string of the molecule is Cc1ccccc1-n1c(=O)c2ccccc2n2c(SCC(=O)NC(C)C3CC4CCC3C4)nnc12. The van der Waals surface area contributed by atoms with Crippen molar-refractivity contribution in [2.24, 2.45) is 17.8 Å². The van der Waals surface area contributed by atoms with Gasteiger partial charge in [-0.15, -0.1) is 10.2 Å². The van der Waals surface area contributed by atoms with Gasteiger partial charge in [-0.2, -0.15) is 0 Å². The van der Waals surface area contributed by atoms with E-state index in [1.807, 2.05) is 59.9 Å². The summed E-state index contributed by atoms with van der Waals surface area (Å²) in [6, 6.07) is 15.4. The van der Waals surface area contributed by atoms with Crippen LogP contribution in [0.4, 0.5) is 0 Å². The van der Waals surface area contributed by atoms with Crippen LogP contribution < -0.4 is 10.9 Å². The number of fused-ring (bicyclic) bond motifs is 5. The molecule has 2 aliphatic carbocycles. The molecule has 2 saturated carbocycles. The molecule has 1 amide bonds. The van der Waals surface area contributed by atoms with Crippen molar-refractivity contribution < 1.29 is 4.79 Å². The summed E-state index contributed by atoms with van der Waals surface area (Å²) >= 11 is 1.36. The summed E-state index contributed by atoms with van der Waals surface area (Å²) in [5.41, 5.74) is 2.34. The number of amides is 1. The highest BCUT2D eigenvalue weighted by atomic mass is 32.2. The van der Waals surface area contributed by atoms with Crippen molar-refractivity contribution >= 4 is 34.3 Å². The molecular formula is C27H29N5O2S. The van der Waals surface area contributed by atoms with Crippen molar-refractivity contribution in [1.82, 2.24) is 24.5 Å². The number of aryl methyl sites for hydroxylation is 1. The van der Waals surface area contributed by atoms with Crippen LogP contribution in [-0.4, -0.2) is 36.9 Å². The number of carbonyl (C=O) groups excluding carboxylic acids is 1. The number of aromatic nitrogens is 4. The molecule has 2 aromatic heterocycles. The predicted molar refractivity (Wildman–Crippen MR) is 138 cm³/mol. The van der Waals surface area contributed by atoms with Gasteiger partial charge in [0.2, 0.25) is 11.7 Å². The van der Waals surface area contributed by atoms with Crippen LogP contribution in [0.1, 0.15) is 38.2 Å². The van der Waals surface area contributed by atoms with E-state index in [-0.39, 0.29) is 23.3 Å². The highest BCUT2D eigenvalue weighted by Gasteiger charge is 2.42. The molecule has 2 bridgehead atoms. The second kappa shape index (κ2) is 8.82. The van der Waals surface area contributed by atoms with Gasteiger partial charge in [0, 0.05) is 6.04 Å². The van der Waals surface area contributed by atoms with E-state index < -0.39 is 0 Å². The molecule has 0 radical (unpaired) electrons. The zero-order chi connectivity index (χ0) is 24.1. The second-order valence-electron chi connectivity index (χ2n) is 10.0. The Balaban J connectivity index is 1.31. The summed E-state index contributed by atoms with van der Waals surface area (Å²) in [6.07, 6.45) is 5.25. The maximum absolute atomic E-state index is 13.5. The molecule has 4 atom stereocenters. The number of para-hydroxylation sites is 2. The number of carbonyl (C=O) groups is 1. The number of benzene rings is 2. The van der Waals surface area contributed by atoms with Gasteiger partial charge in [-0.1, -0.05) is 48.5 Å². The van der Waals surface area contributed by atoms with E-state index in [0.29, 0.717) is 22.2 Å². The van der Waals surface area contributed by atoms with Crippen LogP contribution in [0.25, 0.3) is 22.4 Å². The van der Waals surface area contributed by atoms with E-state index in [1.54, 1.807) is 4.57 Å². The third-order valence-corrected chi connectivity index (χ3v) is 8.84. The molecule has 35 heavy (non-hydrogen) atoms. The summed E-state index contributed by atoms with van der Waals surface area (Å²) in [5.74, 6) is 2.95. The number of thioether (sulfide) groups is 1. The number of hydrogen-bond donors (Lipinski definition) is 1. The molecule has 2 fully saturated rings. The number of nitrogens with zero attached hydrogens (tertiary/aromatic N) is 4. The topological polar surface area (TPSA) is 81.3 Å². The molecule has 2 aromatic carbocycles. The minimum Gasteiger partial charge on any atom is -0.353 e. The van der Waals surface area contributed by atoms with Gasteiger partial charge in [0.1, 0.15) is 0 Å². The number of rotatable bonds is 6. The average molecular weight is 488 g/mol. The van der Waals surface area contributed by atoms with Crippen molar-refractivity contribution in [1.29, 1.82) is 0 Å². The van der Waals surface area contributed by atoms with Crippen LogP contribution in [0.15, 0.2) is 58.5 Å². The lowest BCUT2D eigenvalue weighted by atomic mass is 9.84. The standard InChI is InChI=1S/C27H29N5O2S/c1-16-7-3-5-9-22(16)31-25(34)20-8-4-6-10-23(20)32-26(31)29-30-27(32)35-15-24(33)28-17(2)21-14-18-11-12-19(21)13-18/h3-10,17-19,21H,11-15H2,1-2H3,(H,28,33). The van der Waals surface area contributed by atoms with Crippen LogP contribution in [0.5, 0.6) is 0 Å². The predicted octanol–water partition coefficient (Wildman–Crippen LogP) is 4.37. The van der Waals surface area contributed by atoms with Crippen molar-refractivity contribution in [3.05, 3.63) is 64.4 Å². The van der Waals surface area contributed by atoms with Crippen LogP contribution in [0.3, 0.4) is 0 Å². The fraction of sp³-hybridized carbons (Fsp3) is 0.407. The monoisotopic (exact) mass is 487 g/mol. The second-order valence-corrected chi connectivity index (χ2v) is 11.0. The largest absolute Gasteiger partial charge is 0.353 e. The Morgan fingerprint density at radius 3 is 2.69 bits per heavy atom. The molecule has 2 heterocycles. The molecule has 0 spiro atoms. The van der Waals surface area contributed by atoms with Gasteiger partial charge in [-0.3, -0.25) is 14.0 Å². The highest BCUT2D eigenvalue weighted by molar-refractivity contribution is 7.99. The summed E-state index contributed by atoms with van der Waals surface area (Å²) in [5, 5.41) is 13.2. The van der Waals surface area contributed by atoms with Crippen LogP contribution in [0, 0.1) is 24.7 Å². The minimum absolute atomic E-state index is 0.0126. The van der Waals surface area contributed by atoms with Gasteiger partial charge < -0.3 is 5.32 Å². The van der Waals surface area contributed by atoms with Crippen molar-refractivity contribution in [3.63, 3.8) is 0 Å². The van der Waals surface area contributed by atoms with E-state index in [0.717, 1.165) is 28.6 Å². The lowest BCUT2D eigenvalue weighted by Gasteiger charge is -2.28. The first-order chi connectivity index (χ1) is 17.0. The van der Waals surface area contributed by atoms with E-state index in [1.165, 1.54) is 37.4 Å². The molecule has 8 heteroatoms. The Bertz CT molecular complexity index is 1490. The lowest BCUT2D eigenvalue weighted by Crippen LogP contribution is -2.40. The van der Waals surface area contributed by atoms with Crippen molar-refractivity contribution in [2.75, 3.05) is 5.75 Å². The highest BCUT2D eigenvalue weighted by Crippen LogP contribution is 2.49. The molecule has 4 unspecified atom stereocenters. The first kappa shape index (κ1) is 22.3. The zero-order valence-electron chi connectivity index (χ0n) is 20.0. The molecule has 2 aliphatic rings. The van der Waals surface area contributed by atoms with Gasteiger partial charge in [0.15, 0.2) is 5.16 Å². The van der Waals surface area contributed by atoms with Gasteiger partial charge in [-0.05, 0) is 74.6 Å². The molecule has 6 rings (SSSR count). The first-order valence-corrected chi connectivity index (χ1v) is 13.4. The zero-order valence-corrected chi connectivity index (χ0v) is 20.8. The normalized spacial score (nSPS) is 22.2. The smallest absolute Gasteiger partial charge is 0.267 e. The Hall–Kier alpha value is -3.13. The molecule has 180 valence electrons. The number of nitrogens with one attached hydrogen (secondary N) is 1. The van der Waals surface area contributed by atoms with Gasteiger partial charge in [-0.25, -0.2) is 4.57 Å². The van der Waals surface area contributed by atoms with E-state index in [2.05, 4.69) is 22.4 Å². The molecule has 0 aliphatic heterocycles. The number of hydrogen-bond acceptors (Lipinski definition) is 5. The summed E-state index contributed by atoms with van der Waals surface area (Å²) in [4.78, 5) is 26.3. The molecule has 1 N–H and O–H groups in total. The summed E-state index contributed by atoms with van der Waals surface area (Å²) in [6.45, 7) is 4.12. The maximum Gasteiger partial charge on any atom is 0.267 e. The van der Waals surface area contributed by atoms with Gasteiger partial charge in [0.25, 0.3) is 5.56 Å². The Kier molecular flexibility index (Phi) is 5.63. The molecule has 7 nitrogen and oxygen atoms in total. The Morgan fingerprint density at radius 2 is 1.91 bits per heavy atom. The fourth-order valence-electron chi connectivity index (χ4n) is 6.24. The summed E-state index contributed by atoms with van der Waals surface area (Å²) in [7, 11) is 0. The fourth-order valence-corrected chi connectivity index (χ4v) is 6.99. The molecule has 0 saturated heterocycles. The third kappa shape index (κ3) is 3.84. The molecule has 4 aromatic rings. The lowest BCUT2D eigenvalue weighted by molar-refractivity contribution is -0.119. The van der Waals surface area contributed by atoms with Crippen molar-refractivity contribution in [3.8, 4) is 5.69 Å². The Labute approximate surface area is 207 Å². The van der Waals surface area contributed by atoms with Crippen LogP contribution in [0.2, 0.25) is 0 Å².